The molecule has 6 nitrogen and oxygen atoms in total. The second-order valence-electron chi connectivity index (χ2n) is 4.78. The average Bonchev–Trinajstić information content (AvgIpc) is 3.11. The molecule has 112 valence electrons. The first-order chi connectivity index (χ1) is 11.3. The first-order valence-corrected chi connectivity index (χ1v) is 6.83. The highest BCUT2D eigenvalue weighted by molar-refractivity contribution is 5.83. The van der Waals surface area contributed by atoms with Crippen LogP contribution in [0.25, 0.3) is 16.6 Å². The molecule has 0 radical (unpaired) electrons. The standard InChI is InChI=1S/C16H10FN5O/c17-11-1-6-15-14(7-11)16(20-9-19-15)23-13-4-2-12(3-5-13)22-10-18-8-21-22/h1-10H. The molecule has 4 rings (SSSR count). The van der Waals surface area contributed by atoms with Crippen molar-refractivity contribution in [1.29, 1.82) is 0 Å². The Bertz CT molecular complexity index is 954. The van der Waals surface area contributed by atoms with E-state index in [1.54, 1.807) is 29.2 Å². The van der Waals surface area contributed by atoms with Gasteiger partial charge >= 0.3 is 0 Å². The summed E-state index contributed by atoms with van der Waals surface area (Å²) < 4.78 is 20.8. The SMILES string of the molecule is Fc1ccc2ncnc(Oc3ccc(-n4cncn4)cc3)c2c1. The van der Waals surface area contributed by atoms with Gasteiger partial charge in [-0.25, -0.2) is 24.0 Å². The molecule has 2 aromatic carbocycles. The summed E-state index contributed by atoms with van der Waals surface area (Å²) in [5, 5.41) is 4.57. The summed E-state index contributed by atoms with van der Waals surface area (Å²) in [7, 11) is 0. The molecule has 2 aromatic heterocycles. The van der Waals surface area contributed by atoms with E-state index in [2.05, 4.69) is 20.1 Å². The first-order valence-electron chi connectivity index (χ1n) is 6.83. The van der Waals surface area contributed by atoms with E-state index in [4.69, 9.17) is 4.74 Å². The number of halogens is 1. The van der Waals surface area contributed by atoms with Gasteiger partial charge in [-0.2, -0.15) is 5.10 Å². The van der Waals surface area contributed by atoms with E-state index >= 15 is 0 Å². The molecule has 0 amide bonds. The highest BCUT2D eigenvalue weighted by Gasteiger charge is 2.08. The Morgan fingerprint density at radius 3 is 2.61 bits per heavy atom. The number of aromatic nitrogens is 5. The molecule has 0 fully saturated rings. The fourth-order valence-electron chi connectivity index (χ4n) is 2.21. The number of rotatable bonds is 3. The van der Waals surface area contributed by atoms with Gasteiger partial charge in [0, 0.05) is 0 Å². The maximum absolute atomic E-state index is 13.4. The lowest BCUT2D eigenvalue weighted by atomic mass is 10.2. The van der Waals surface area contributed by atoms with E-state index in [0.29, 0.717) is 22.5 Å². The van der Waals surface area contributed by atoms with Gasteiger partial charge in [-0.05, 0) is 42.5 Å². The zero-order chi connectivity index (χ0) is 15.6. The summed E-state index contributed by atoms with van der Waals surface area (Å²) in [6, 6.07) is 11.5. The number of hydrogen-bond donors (Lipinski definition) is 0. The first kappa shape index (κ1) is 13.3. The van der Waals surface area contributed by atoms with Crippen LogP contribution in [-0.2, 0) is 0 Å². The van der Waals surface area contributed by atoms with Crippen molar-refractivity contribution >= 4 is 10.9 Å². The Labute approximate surface area is 130 Å². The maximum Gasteiger partial charge on any atom is 0.230 e. The van der Waals surface area contributed by atoms with Crippen LogP contribution >= 0.6 is 0 Å². The van der Waals surface area contributed by atoms with Gasteiger partial charge in [-0.1, -0.05) is 0 Å². The van der Waals surface area contributed by atoms with Crippen molar-refractivity contribution < 1.29 is 9.13 Å². The molecule has 0 aliphatic carbocycles. The largest absolute Gasteiger partial charge is 0.438 e. The van der Waals surface area contributed by atoms with Gasteiger partial charge in [-0.15, -0.1) is 0 Å². The molecule has 4 aromatic rings. The smallest absolute Gasteiger partial charge is 0.230 e. The molecule has 0 N–H and O–H groups in total. The number of benzene rings is 2. The lowest BCUT2D eigenvalue weighted by molar-refractivity contribution is 0.467. The molecule has 2 heterocycles. The Morgan fingerprint density at radius 1 is 0.957 bits per heavy atom. The van der Waals surface area contributed by atoms with E-state index < -0.39 is 0 Å². The Morgan fingerprint density at radius 2 is 1.83 bits per heavy atom. The van der Waals surface area contributed by atoms with E-state index in [-0.39, 0.29) is 5.82 Å². The van der Waals surface area contributed by atoms with Gasteiger partial charge < -0.3 is 4.74 Å². The molecule has 0 atom stereocenters. The lowest BCUT2D eigenvalue weighted by Gasteiger charge is -2.08. The summed E-state index contributed by atoms with van der Waals surface area (Å²) >= 11 is 0. The van der Waals surface area contributed by atoms with E-state index in [0.717, 1.165) is 5.69 Å². The highest BCUT2D eigenvalue weighted by Crippen LogP contribution is 2.27. The minimum atomic E-state index is -0.362. The van der Waals surface area contributed by atoms with Crippen molar-refractivity contribution in [1.82, 2.24) is 24.7 Å². The summed E-state index contributed by atoms with van der Waals surface area (Å²) in [5.74, 6) is 0.528. The van der Waals surface area contributed by atoms with Crippen LogP contribution in [0.15, 0.2) is 61.4 Å². The van der Waals surface area contributed by atoms with Gasteiger partial charge in [0.15, 0.2) is 0 Å². The minimum Gasteiger partial charge on any atom is -0.438 e. The molecule has 0 aliphatic rings. The van der Waals surface area contributed by atoms with E-state index in [1.807, 2.05) is 12.1 Å². The fourth-order valence-corrected chi connectivity index (χ4v) is 2.21. The third-order valence-electron chi connectivity index (χ3n) is 3.30. The predicted molar refractivity (Wildman–Crippen MR) is 80.9 cm³/mol. The van der Waals surface area contributed by atoms with Crippen LogP contribution in [0.4, 0.5) is 4.39 Å². The van der Waals surface area contributed by atoms with Gasteiger partial charge in [-0.3, -0.25) is 0 Å². The van der Waals surface area contributed by atoms with E-state index in [9.17, 15) is 4.39 Å². The average molecular weight is 307 g/mol. The highest BCUT2D eigenvalue weighted by atomic mass is 19.1. The van der Waals surface area contributed by atoms with Crippen molar-refractivity contribution in [3.05, 3.63) is 67.3 Å². The Kier molecular flexibility index (Phi) is 3.16. The van der Waals surface area contributed by atoms with Crippen LogP contribution in [0.1, 0.15) is 0 Å². The second-order valence-corrected chi connectivity index (χ2v) is 4.78. The third kappa shape index (κ3) is 2.59. The summed E-state index contributed by atoms with van der Waals surface area (Å²) in [6.07, 6.45) is 4.46. The fraction of sp³-hybridized carbons (Fsp3) is 0. The van der Waals surface area contributed by atoms with Crippen LogP contribution in [0.5, 0.6) is 11.6 Å². The second kappa shape index (κ2) is 5.45. The van der Waals surface area contributed by atoms with Crippen LogP contribution < -0.4 is 4.74 Å². The van der Waals surface area contributed by atoms with Crippen molar-refractivity contribution in [3.8, 4) is 17.3 Å². The van der Waals surface area contributed by atoms with Crippen molar-refractivity contribution in [2.24, 2.45) is 0 Å². The molecule has 0 saturated carbocycles. The van der Waals surface area contributed by atoms with Crippen molar-refractivity contribution in [2.45, 2.75) is 0 Å². The zero-order valence-corrected chi connectivity index (χ0v) is 11.8. The predicted octanol–water partition coefficient (Wildman–Crippen LogP) is 3.14. The third-order valence-corrected chi connectivity index (χ3v) is 3.30. The molecule has 0 aliphatic heterocycles. The lowest BCUT2D eigenvalue weighted by Crippen LogP contribution is -1.95. The number of ether oxygens (including phenoxy) is 1. The molecule has 7 heteroatoms. The normalized spacial score (nSPS) is 10.8. The molecule has 0 bridgehead atoms. The minimum absolute atomic E-state index is 0.308. The Hall–Kier alpha value is -3.35. The molecular weight excluding hydrogens is 297 g/mol. The van der Waals surface area contributed by atoms with Gasteiger partial charge in [0.2, 0.25) is 5.88 Å². The van der Waals surface area contributed by atoms with Gasteiger partial charge in [0.25, 0.3) is 0 Å². The molecular formula is C16H10FN5O. The molecule has 23 heavy (non-hydrogen) atoms. The van der Waals surface area contributed by atoms with Crippen molar-refractivity contribution in [2.75, 3.05) is 0 Å². The zero-order valence-electron chi connectivity index (χ0n) is 11.8. The summed E-state index contributed by atoms with van der Waals surface area (Å²) in [4.78, 5) is 12.1. The van der Waals surface area contributed by atoms with E-state index in [1.165, 1.54) is 24.8 Å². The quantitative estimate of drug-likeness (QED) is 0.582. The number of fused-ring (bicyclic) bond motifs is 1. The van der Waals surface area contributed by atoms with Gasteiger partial charge in [0.05, 0.1) is 16.6 Å². The molecule has 0 unspecified atom stereocenters. The monoisotopic (exact) mass is 307 g/mol. The number of hydrogen-bond acceptors (Lipinski definition) is 5. The van der Waals surface area contributed by atoms with Crippen molar-refractivity contribution in [3.63, 3.8) is 0 Å². The van der Waals surface area contributed by atoms with Crippen LogP contribution in [-0.4, -0.2) is 24.7 Å². The molecule has 0 spiro atoms. The summed E-state index contributed by atoms with van der Waals surface area (Å²) in [5.41, 5.74) is 1.48. The molecule has 0 saturated heterocycles. The number of nitrogens with zero attached hydrogens (tertiary/aromatic N) is 5. The summed E-state index contributed by atoms with van der Waals surface area (Å²) in [6.45, 7) is 0. The maximum atomic E-state index is 13.4. The Balaban J connectivity index is 1.67. The van der Waals surface area contributed by atoms with Crippen LogP contribution in [0.2, 0.25) is 0 Å². The topological polar surface area (TPSA) is 65.7 Å². The van der Waals surface area contributed by atoms with Crippen LogP contribution in [0, 0.1) is 5.82 Å². The van der Waals surface area contributed by atoms with Crippen LogP contribution in [0.3, 0.4) is 0 Å². The van der Waals surface area contributed by atoms with Gasteiger partial charge in [0.1, 0.15) is 30.5 Å².